The minimum atomic E-state index is 0.210. The molecule has 0 saturated carbocycles. The number of nitrogens with zero attached hydrogens (tertiary/aromatic N) is 1. The van der Waals surface area contributed by atoms with Crippen LogP contribution in [0.2, 0.25) is 0 Å². The molecule has 1 heterocycles. The van der Waals surface area contributed by atoms with E-state index >= 15 is 0 Å². The van der Waals surface area contributed by atoms with Gasteiger partial charge in [0.15, 0.2) is 5.78 Å². The smallest absolute Gasteiger partial charge is 0.166 e. The molecule has 20 heavy (non-hydrogen) atoms. The molecule has 108 valence electrons. The second kappa shape index (κ2) is 6.51. The van der Waals surface area contributed by atoms with Crippen LogP contribution in [0.1, 0.15) is 35.2 Å². The third-order valence-corrected chi connectivity index (χ3v) is 4.55. The first-order valence-electron chi connectivity index (χ1n) is 7.77. The van der Waals surface area contributed by atoms with Crippen LogP contribution in [0, 0.1) is 5.92 Å². The van der Waals surface area contributed by atoms with Crippen molar-refractivity contribution in [2.24, 2.45) is 5.92 Å². The van der Waals surface area contributed by atoms with E-state index in [0.717, 1.165) is 64.1 Å². The zero-order chi connectivity index (χ0) is 13.8. The number of carbonyl (C=O) groups is 1. The minimum absolute atomic E-state index is 0.210. The van der Waals surface area contributed by atoms with E-state index in [2.05, 4.69) is 11.0 Å². The number of benzene rings is 1. The highest BCUT2D eigenvalue weighted by molar-refractivity contribution is 5.99. The fourth-order valence-electron chi connectivity index (χ4n) is 3.31. The molecule has 0 amide bonds. The van der Waals surface area contributed by atoms with Crippen LogP contribution >= 0.6 is 0 Å². The Morgan fingerprint density at radius 2 is 2.00 bits per heavy atom. The third-order valence-electron chi connectivity index (χ3n) is 4.55. The normalized spacial score (nSPS) is 24.2. The molecule has 1 aliphatic carbocycles. The zero-order valence-corrected chi connectivity index (χ0v) is 12.0. The van der Waals surface area contributed by atoms with Gasteiger partial charge in [-0.15, -0.1) is 0 Å². The molecule has 3 rings (SSSR count). The second-order valence-corrected chi connectivity index (χ2v) is 5.85. The van der Waals surface area contributed by atoms with Crippen molar-refractivity contribution in [3.63, 3.8) is 0 Å². The molecule has 1 atom stereocenters. The van der Waals surface area contributed by atoms with E-state index in [1.54, 1.807) is 0 Å². The molecule has 1 aromatic rings. The predicted octanol–water partition coefficient (Wildman–Crippen LogP) is 2.54. The molecular formula is C17H23NO2. The summed E-state index contributed by atoms with van der Waals surface area (Å²) in [6.07, 6.45) is 4.22. The van der Waals surface area contributed by atoms with Gasteiger partial charge in [-0.2, -0.15) is 0 Å². The van der Waals surface area contributed by atoms with E-state index in [-0.39, 0.29) is 5.92 Å². The first kappa shape index (κ1) is 13.8. The summed E-state index contributed by atoms with van der Waals surface area (Å²) >= 11 is 0. The fourth-order valence-corrected chi connectivity index (χ4v) is 3.31. The molecule has 0 radical (unpaired) electrons. The lowest BCUT2D eigenvalue weighted by Gasteiger charge is -2.27. The van der Waals surface area contributed by atoms with E-state index < -0.39 is 0 Å². The van der Waals surface area contributed by atoms with E-state index in [4.69, 9.17) is 4.74 Å². The van der Waals surface area contributed by atoms with Crippen LogP contribution in [-0.4, -0.2) is 43.5 Å². The monoisotopic (exact) mass is 273 g/mol. The summed E-state index contributed by atoms with van der Waals surface area (Å²) in [5, 5.41) is 0. The Balaban J connectivity index is 1.63. The van der Waals surface area contributed by atoms with Crippen molar-refractivity contribution in [2.75, 3.05) is 32.8 Å². The van der Waals surface area contributed by atoms with Gasteiger partial charge in [0.25, 0.3) is 0 Å². The van der Waals surface area contributed by atoms with Gasteiger partial charge in [0.1, 0.15) is 0 Å². The van der Waals surface area contributed by atoms with Crippen LogP contribution in [0.3, 0.4) is 0 Å². The maximum Gasteiger partial charge on any atom is 0.166 e. The topological polar surface area (TPSA) is 29.5 Å². The largest absolute Gasteiger partial charge is 0.379 e. The SMILES string of the molecule is O=C1c2ccccc2CCCC1CCN1CCOCC1. The van der Waals surface area contributed by atoms with Crippen molar-refractivity contribution in [1.29, 1.82) is 0 Å². The summed E-state index contributed by atoms with van der Waals surface area (Å²) in [7, 11) is 0. The molecule has 3 nitrogen and oxygen atoms in total. The average Bonchev–Trinajstić information content (AvgIpc) is 2.66. The van der Waals surface area contributed by atoms with Crippen LogP contribution in [-0.2, 0) is 11.2 Å². The predicted molar refractivity (Wildman–Crippen MR) is 79.1 cm³/mol. The molecule has 0 aromatic heterocycles. The number of morpholine rings is 1. The molecular weight excluding hydrogens is 250 g/mol. The molecule has 0 N–H and O–H groups in total. The zero-order valence-electron chi connectivity index (χ0n) is 12.0. The highest BCUT2D eigenvalue weighted by Crippen LogP contribution is 2.26. The molecule has 2 aliphatic rings. The first-order chi connectivity index (χ1) is 9.84. The van der Waals surface area contributed by atoms with Gasteiger partial charge < -0.3 is 4.74 Å². The van der Waals surface area contributed by atoms with Crippen molar-refractivity contribution < 1.29 is 9.53 Å². The van der Waals surface area contributed by atoms with E-state index in [0.29, 0.717) is 5.78 Å². The van der Waals surface area contributed by atoms with Crippen LogP contribution < -0.4 is 0 Å². The Labute approximate surface area is 120 Å². The molecule has 1 unspecified atom stereocenters. The van der Waals surface area contributed by atoms with Gasteiger partial charge in [0.05, 0.1) is 13.2 Å². The highest BCUT2D eigenvalue weighted by atomic mass is 16.5. The lowest BCUT2D eigenvalue weighted by molar-refractivity contribution is 0.0351. The number of ether oxygens (including phenoxy) is 1. The Bertz CT molecular complexity index is 466. The Hall–Kier alpha value is -1.19. The molecule has 0 spiro atoms. The Kier molecular flexibility index (Phi) is 4.48. The van der Waals surface area contributed by atoms with Crippen LogP contribution in [0.15, 0.2) is 24.3 Å². The van der Waals surface area contributed by atoms with Crippen LogP contribution in [0.25, 0.3) is 0 Å². The number of Topliss-reactive ketones (excluding diaryl/α,β-unsaturated/α-hetero) is 1. The first-order valence-corrected chi connectivity index (χ1v) is 7.77. The number of ketones is 1. The molecule has 3 heteroatoms. The van der Waals surface area contributed by atoms with Crippen molar-refractivity contribution >= 4 is 5.78 Å². The van der Waals surface area contributed by atoms with Gasteiger partial charge in [-0.1, -0.05) is 24.3 Å². The summed E-state index contributed by atoms with van der Waals surface area (Å²) in [4.78, 5) is 15.1. The number of fused-ring (bicyclic) bond motifs is 1. The maximum absolute atomic E-state index is 12.7. The van der Waals surface area contributed by atoms with Gasteiger partial charge in [-0.05, 0) is 37.8 Å². The maximum atomic E-state index is 12.7. The molecule has 1 fully saturated rings. The second-order valence-electron chi connectivity index (χ2n) is 5.85. The van der Waals surface area contributed by atoms with E-state index in [9.17, 15) is 4.79 Å². The number of carbonyl (C=O) groups excluding carboxylic acids is 1. The van der Waals surface area contributed by atoms with E-state index in [1.807, 2.05) is 18.2 Å². The van der Waals surface area contributed by atoms with E-state index in [1.165, 1.54) is 5.56 Å². The summed E-state index contributed by atoms with van der Waals surface area (Å²) < 4.78 is 5.37. The Morgan fingerprint density at radius 3 is 2.85 bits per heavy atom. The molecule has 1 aromatic carbocycles. The van der Waals surface area contributed by atoms with Gasteiger partial charge in [-0.3, -0.25) is 9.69 Å². The Morgan fingerprint density at radius 1 is 1.20 bits per heavy atom. The number of hydrogen-bond donors (Lipinski definition) is 0. The average molecular weight is 273 g/mol. The lowest BCUT2D eigenvalue weighted by Crippen LogP contribution is -2.37. The van der Waals surface area contributed by atoms with Crippen molar-refractivity contribution in [1.82, 2.24) is 4.90 Å². The quantitative estimate of drug-likeness (QED) is 0.793. The highest BCUT2D eigenvalue weighted by Gasteiger charge is 2.25. The van der Waals surface area contributed by atoms with Crippen LogP contribution in [0.5, 0.6) is 0 Å². The van der Waals surface area contributed by atoms with Gasteiger partial charge in [0.2, 0.25) is 0 Å². The molecule has 1 saturated heterocycles. The van der Waals surface area contributed by atoms with Crippen molar-refractivity contribution in [3.8, 4) is 0 Å². The van der Waals surface area contributed by atoms with Gasteiger partial charge in [-0.25, -0.2) is 0 Å². The summed E-state index contributed by atoms with van der Waals surface area (Å²) in [5.74, 6) is 0.577. The van der Waals surface area contributed by atoms with Crippen LogP contribution in [0.4, 0.5) is 0 Å². The lowest BCUT2D eigenvalue weighted by atomic mass is 9.92. The minimum Gasteiger partial charge on any atom is -0.379 e. The number of aryl methyl sites for hydroxylation is 1. The van der Waals surface area contributed by atoms with Gasteiger partial charge >= 0.3 is 0 Å². The van der Waals surface area contributed by atoms with Gasteiger partial charge in [0, 0.05) is 24.6 Å². The number of hydrogen-bond acceptors (Lipinski definition) is 3. The summed E-state index contributed by atoms with van der Waals surface area (Å²) in [6, 6.07) is 8.14. The summed E-state index contributed by atoms with van der Waals surface area (Å²) in [6.45, 7) is 4.72. The number of rotatable bonds is 3. The van der Waals surface area contributed by atoms with Crippen molar-refractivity contribution in [2.45, 2.75) is 25.7 Å². The summed E-state index contributed by atoms with van der Waals surface area (Å²) in [5.41, 5.74) is 2.21. The van der Waals surface area contributed by atoms with Crippen molar-refractivity contribution in [3.05, 3.63) is 35.4 Å². The molecule has 1 aliphatic heterocycles. The fraction of sp³-hybridized carbons (Fsp3) is 0.588. The standard InChI is InChI=1S/C17H23NO2/c19-17-15(8-9-18-10-12-20-13-11-18)6-3-5-14-4-1-2-7-16(14)17/h1-2,4,7,15H,3,5-6,8-13H2. The third kappa shape index (κ3) is 3.10. The molecule has 0 bridgehead atoms.